The van der Waals surface area contributed by atoms with Crippen molar-refractivity contribution in [2.45, 2.75) is 49.7 Å². The smallest absolute Gasteiger partial charge is 0.341 e. The first-order chi connectivity index (χ1) is 13.0. The fourth-order valence-electron chi connectivity index (χ4n) is 3.09. The van der Waals surface area contributed by atoms with Crippen LogP contribution in [0.5, 0.6) is 0 Å². The van der Waals surface area contributed by atoms with Crippen LogP contribution in [-0.2, 0) is 22.4 Å². The molecule has 0 bridgehead atoms. The predicted octanol–water partition coefficient (Wildman–Crippen LogP) is 4.51. The number of carbonyl (C=O) groups is 2. The molecule has 1 aromatic carbocycles. The third-order valence-electron chi connectivity index (χ3n) is 4.45. The first-order valence-electron chi connectivity index (χ1n) is 9.14. The Morgan fingerprint density at radius 3 is 2.67 bits per heavy atom. The van der Waals surface area contributed by atoms with Gasteiger partial charge in [-0.05, 0) is 69.4 Å². The molecule has 1 atom stereocenters. The molecule has 1 aliphatic carbocycles. The summed E-state index contributed by atoms with van der Waals surface area (Å²) < 4.78 is 5.24. The summed E-state index contributed by atoms with van der Waals surface area (Å²) in [6, 6.07) is 7.44. The van der Waals surface area contributed by atoms with Gasteiger partial charge in [0.25, 0.3) is 0 Å². The highest BCUT2D eigenvalue weighted by Crippen LogP contribution is 2.39. The summed E-state index contributed by atoms with van der Waals surface area (Å²) >= 11 is 2.97. The van der Waals surface area contributed by atoms with Gasteiger partial charge in [0.05, 0.1) is 17.4 Å². The highest BCUT2D eigenvalue weighted by molar-refractivity contribution is 8.00. The summed E-state index contributed by atoms with van der Waals surface area (Å²) in [6.45, 7) is 3.97. The number of fused-ring (bicyclic) bond motifs is 1. The number of carbonyl (C=O) groups excluding carboxylic acids is 2. The fourth-order valence-corrected chi connectivity index (χ4v) is 5.24. The van der Waals surface area contributed by atoms with Crippen LogP contribution in [0.3, 0.4) is 0 Å². The van der Waals surface area contributed by atoms with E-state index in [4.69, 9.17) is 10.5 Å². The molecule has 0 aliphatic heterocycles. The average molecular weight is 405 g/mol. The highest BCUT2D eigenvalue weighted by atomic mass is 32.2. The van der Waals surface area contributed by atoms with E-state index in [1.807, 2.05) is 31.2 Å². The Morgan fingerprint density at radius 2 is 1.96 bits per heavy atom. The number of anilines is 2. The molecule has 0 fully saturated rings. The molecule has 3 N–H and O–H groups in total. The van der Waals surface area contributed by atoms with Gasteiger partial charge in [-0.1, -0.05) is 0 Å². The molecule has 0 spiro atoms. The van der Waals surface area contributed by atoms with E-state index >= 15 is 0 Å². The van der Waals surface area contributed by atoms with E-state index < -0.39 is 0 Å². The molecule has 27 heavy (non-hydrogen) atoms. The molecular weight excluding hydrogens is 380 g/mol. The SMILES string of the molecule is CCOC(=O)c1c(NC(=O)C(C)Sc2ccc(N)cc2)sc2c1CCCC2. The van der Waals surface area contributed by atoms with Crippen LogP contribution in [-0.4, -0.2) is 23.7 Å². The summed E-state index contributed by atoms with van der Waals surface area (Å²) in [5, 5.41) is 3.29. The number of nitrogens with two attached hydrogens (primary N) is 1. The Bertz CT molecular complexity index is 830. The van der Waals surface area contributed by atoms with E-state index in [1.165, 1.54) is 28.0 Å². The maximum absolute atomic E-state index is 12.7. The van der Waals surface area contributed by atoms with Crippen molar-refractivity contribution >= 4 is 45.7 Å². The molecule has 0 saturated heterocycles. The first kappa shape index (κ1) is 19.8. The number of rotatable bonds is 6. The first-order valence-corrected chi connectivity index (χ1v) is 10.8. The molecule has 7 heteroatoms. The van der Waals surface area contributed by atoms with Gasteiger partial charge in [-0.3, -0.25) is 4.79 Å². The zero-order valence-electron chi connectivity index (χ0n) is 15.5. The Hall–Kier alpha value is -1.99. The number of esters is 1. The minimum Gasteiger partial charge on any atom is -0.462 e. The lowest BCUT2D eigenvalue weighted by atomic mass is 9.95. The highest BCUT2D eigenvalue weighted by Gasteiger charge is 2.28. The zero-order valence-corrected chi connectivity index (χ0v) is 17.2. The summed E-state index contributed by atoms with van der Waals surface area (Å²) in [5.74, 6) is -0.466. The van der Waals surface area contributed by atoms with Crippen molar-refractivity contribution in [3.05, 3.63) is 40.3 Å². The van der Waals surface area contributed by atoms with Crippen molar-refractivity contribution < 1.29 is 14.3 Å². The Morgan fingerprint density at radius 1 is 1.26 bits per heavy atom. The van der Waals surface area contributed by atoms with Crippen molar-refractivity contribution in [2.75, 3.05) is 17.7 Å². The van der Waals surface area contributed by atoms with Gasteiger partial charge in [0.15, 0.2) is 0 Å². The summed E-state index contributed by atoms with van der Waals surface area (Å²) in [4.78, 5) is 27.4. The van der Waals surface area contributed by atoms with Crippen molar-refractivity contribution in [3.8, 4) is 0 Å². The maximum atomic E-state index is 12.7. The molecule has 1 aromatic heterocycles. The number of amides is 1. The van der Waals surface area contributed by atoms with Crippen LogP contribution >= 0.6 is 23.1 Å². The van der Waals surface area contributed by atoms with E-state index in [2.05, 4.69) is 5.32 Å². The number of hydrogen-bond donors (Lipinski definition) is 2. The summed E-state index contributed by atoms with van der Waals surface area (Å²) in [7, 11) is 0. The van der Waals surface area contributed by atoms with Gasteiger partial charge in [0, 0.05) is 15.5 Å². The maximum Gasteiger partial charge on any atom is 0.341 e. The number of nitrogens with one attached hydrogen (secondary N) is 1. The van der Waals surface area contributed by atoms with E-state index in [1.54, 1.807) is 6.92 Å². The van der Waals surface area contributed by atoms with E-state index in [9.17, 15) is 9.59 Å². The lowest BCUT2D eigenvalue weighted by molar-refractivity contribution is -0.115. The predicted molar refractivity (Wildman–Crippen MR) is 112 cm³/mol. The molecule has 0 saturated carbocycles. The molecule has 5 nitrogen and oxygen atoms in total. The van der Waals surface area contributed by atoms with E-state index in [-0.39, 0.29) is 17.1 Å². The van der Waals surface area contributed by atoms with E-state index in [0.717, 1.165) is 36.1 Å². The van der Waals surface area contributed by atoms with Crippen LogP contribution in [0.2, 0.25) is 0 Å². The monoisotopic (exact) mass is 404 g/mol. The zero-order chi connectivity index (χ0) is 19.4. The van der Waals surface area contributed by atoms with Gasteiger partial charge >= 0.3 is 5.97 Å². The standard InChI is InChI=1S/C20H24N2O3S2/c1-3-25-20(24)17-15-6-4-5-7-16(15)27-19(17)22-18(23)12(2)26-14-10-8-13(21)9-11-14/h8-12H,3-7,21H2,1-2H3,(H,22,23). The number of hydrogen-bond acceptors (Lipinski definition) is 6. The largest absolute Gasteiger partial charge is 0.462 e. The second-order valence-corrected chi connectivity index (χ2v) is 8.97. The number of ether oxygens (including phenoxy) is 1. The molecule has 0 radical (unpaired) electrons. The molecule has 2 aromatic rings. The Balaban J connectivity index is 1.77. The van der Waals surface area contributed by atoms with E-state index in [0.29, 0.717) is 22.9 Å². The van der Waals surface area contributed by atoms with Crippen LogP contribution < -0.4 is 11.1 Å². The van der Waals surface area contributed by atoms with Crippen LogP contribution in [0.25, 0.3) is 0 Å². The average Bonchev–Trinajstić information content (AvgIpc) is 3.01. The Kier molecular flexibility index (Phi) is 6.44. The minimum atomic E-state index is -0.342. The van der Waals surface area contributed by atoms with Gasteiger partial charge < -0.3 is 15.8 Å². The van der Waals surface area contributed by atoms with Gasteiger partial charge in [0.2, 0.25) is 5.91 Å². The number of thiophene rings is 1. The van der Waals surface area contributed by atoms with Crippen LogP contribution in [0.1, 0.15) is 47.5 Å². The number of aryl methyl sites for hydroxylation is 1. The molecule has 1 aliphatic rings. The third kappa shape index (κ3) is 4.65. The van der Waals surface area contributed by atoms with Gasteiger partial charge in [0.1, 0.15) is 5.00 Å². The summed E-state index contributed by atoms with van der Waals surface area (Å²) in [5.41, 5.74) is 8.01. The molecular formula is C20H24N2O3S2. The van der Waals surface area contributed by atoms with Gasteiger partial charge in [-0.2, -0.15) is 0 Å². The quantitative estimate of drug-likeness (QED) is 0.421. The molecule has 144 valence electrons. The normalized spacial score (nSPS) is 14.3. The molecule has 1 unspecified atom stereocenters. The molecule has 1 heterocycles. The minimum absolute atomic E-state index is 0.124. The van der Waals surface area contributed by atoms with Crippen LogP contribution in [0.15, 0.2) is 29.2 Å². The summed E-state index contributed by atoms with van der Waals surface area (Å²) in [6.07, 6.45) is 4.00. The van der Waals surface area contributed by atoms with Crippen LogP contribution in [0, 0.1) is 0 Å². The lowest BCUT2D eigenvalue weighted by Gasteiger charge is -2.13. The van der Waals surface area contributed by atoms with Crippen molar-refractivity contribution in [1.82, 2.24) is 0 Å². The van der Waals surface area contributed by atoms with Crippen molar-refractivity contribution in [3.63, 3.8) is 0 Å². The lowest BCUT2D eigenvalue weighted by Crippen LogP contribution is -2.23. The number of nitrogen functional groups attached to an aromatic ring is 1. The van der Waals surface area contributed by atoms with Gasteiger partial charge in [-0.15, -0.1) is 23.1 Å². The van der Waals surface area contributed by atoms with Gasteiger partial charge in [-0.25, -0.2) is 4.79 Å². The Labute approximate surface area is 167 Å². The fraction of sp³-hybridized carbons (Fsp3) is 0.400. The number of thioether (sulfide) groups is 1. The second kappa shape index (κ2) is 8.80. The molecule has 1 amide bonds. The second-order valence-electron chi connectivity index (χ2n) is 6.45. The molecule has 3 rings (SSSR count). The topological polar surface area (TPSA) is 81.4 Å². The van der Waals surface area contributed by atoms with Crippen molar-refractivity contribution in [1.29, 1.82) is 0 Å². The van der Waals surface area contributed by atoms with Crippen LogP contribution in [0.4, 0.5) is 10.7 Å². The third-order valence-corrected chi connectivity index (χ3v) is 6.77. The van der Waals surface area contributed by atoms with Crippen molar-refractivity contribution in [2.24, 2.45) is 0 Å². The number of benzene rings is 1.